The highest BCUT2D eigenvalue weighted by molar-refractivity contribution is 5.95. The van der Waals surface area contributed by atoms with Crippen molar-refractivity contribution in [2.24, 2.45) is 0 Å². The first-order chi connectivity index (χ1) is 16.8. The van der Waals surface area contributed by atoms with Crippen LogP contribution in [0.3, 0.4) is 0 Å². The summed E-state index contributed by atoms with van der Waals surface area (Å²) < 4.78 is 21.8. The van der Waals surface area contributed by atoms with Crippen molar-refractivity contribution in [3.05, 3.63) is 47.5 Å². The van der Waals surface area contributed by atoms with Crippen LogP contribution in [0.2, 0.25) is 0 Å². The number of carbonyl (C=O) groups excluding carboxylic acids is 1. The van der Waals surface area contributed by atoms with Crippen LogP contribution < -0.4 is 23.8 Å². The second-order valence-corrected chi connectivity index (χ2v) is 8.90. The molecule has 0 spiro atoms. The number of hydrogen-bond donors (Lipinski definition) is 0. The zero-order valence-electron chi connectivity index (χ0n) is 21.1. The van der Waals surface area contributed by atoms with Crippen molar-refractivity contribution in [2.45, 2.75) is 6.54 Å². The number of benzene rings is 2. The summed E-state index contributed by atoms with van der Waals surface area (Å²) in [7, 11) is 11.0. The van der Waals surface area contributed by atoms with Gasteiger partial charge in [0.15, 0.2) is 11.5 Å². The average molecular weight is 481 g/mol. The molecule has 0 saturated carbocycles. The minimum Gasteiger partial charge on any atom is -0.497 e. The van der Waals surface area contributed by atoms with Gasteiger partial charge >= 0.3 is 0 Å². The van der Waals surface area contributed by atoms with Crippen molar-refractivity contribution in [3.63, 3.8) is 0 Å². The van der Waals surface area contributed by atoms with E-state index in [-0.39, 0.29) is 12.7 Å². The van der Waals surface area contributed by atoms with E-state index in [2.05, 4.69) is 11.0 Å². The Morgan fingerprint density at radius 1 is 0.914 bits per heavy atom. The number of rotatable bonds is 9. The molecule has 186 valence electrons. The Balaban J connectivity index is 1.73. The molecular formula is C26H32N4O5. The Morgan fingerprint density at radius 3 is 2.17 bits per heavy atom. The summed E-state index contributed by atoms with van der Waals surface area (Å²) in [6, 6.07) is 11.1. The van der Waals surface area contributed by atoms with Gasteiger partial charge in [-0.1, -0.05) is 0 Å². The van der Waals surface area contributed by atoms with Gasteiger partial charge in [0.05, 0.1) is 19.7 Å². The molecule has 1 aliphatic heterocycles. The van der Waals surface area contributed by atoms with Crippen LogP contribution >= 0.6 is 0 Å². The van der Waals surface area contributed by atoms with Crippen molar-refractivity contribution in [1.82, 2.24) is 14.8 Å². The molecule has 2 aromatic carbocycles. The lowest BCUT2D eigenvalue weighted by atomic mass is 10.1. The van der Waals surface area contributed by atoms with Crippen molar-refractivity contribution >= 4 is 22.6 Å². The SMILES string of the molecule is COc1cc(OC)cc(C(=O)N(CCN(C)C)Cc2cc3cc4c(cc3nc2N(C)C)OCO4)c1. The van der Waals surface area contributed by atoms with E-state index in [1.807, 2.05) is 50.1 Å². The highest BCUT2D eigenvalue weighted by Crippen LogP contribution is 2.37. The molecule has 1 amide bonds. The summed E-state index contributed by atoms with van der Waals surface area (Å²) in [5, 5.41) is 0.929. The molecule has 0 fully saturated rings. The van der Waals surface area contributed by atoms with E-state index < -0.39 is 0 Å². The van der Waals surface area contributed by atoms with Crippen LogP contribution in [0.15, 0.2) is 36.4 Å². The normalized spacial score (nSPS) is 12.2. The maximum atomic E-state index is 13.7. The number of amides is 1. The Hall–Kier alpha value is -3.72. The summed E-state index contributed by atoms with van der Waals surface area (Å²) in [6.07, 6.45) is 0. The van der Waals surface area contributed by atoms with E-state index in [1.165, 1.54) is 0 Å². The van der Waals surface area contributed by atoms with Crippen molar-refractivity contribution < 1.29 is 23.7 Å². The van der Waals surface area contributed by atoms with Gasteiger partial charge in [-0.05, 0) is 38.4 Å². The van der Waals surface area contributed by atoms with Crippen LogP contribution in [0.5, 0.6) is 23.0 Å². The van der Waals surface area contributed by atoms with Crippen molar-refractivity contribution in [2.75, 3.05) is 67.2 Å². The average Bonchev–Trinajstić information content (AvgIpc) is 3.30. The van der Waals surface area contributed by atoms with Gasteiger partial charge in [0.25, 0.3) is 5.91 Å². The van der Waals surface area contributed by atoms with Gasteiger partial charge in [0.2, 0.25) is 6.79 Å². The predicted molar refractivity (Wildman–Crippen MR) is 135 cm³/mol. The lowest BCUT2D eigenvalue weighted by Crippen LogP contribution is -2.36. The summed E-state index contributed by atoms with van der Waals surface area (Å²) in [6.45, 7) is 1.84. The van der Waals surface area contributed by atoms with Gasteiger partial charge in [-0.3, -0.25) is 4.79 Å². The molecule has 0 radical (unpaired) electrons. The van der Waals surface area contributed by atoms with Crippen LogP contribution in [-0.4, -0.2) is 83.0 Å². The minimum absolute atomic E-state index is 0.112. The number of aromatic nitrogens is 1. The topological polar surface area (TPSA) is 76.6 Å². The van der Waals surface area contributed by atoms with E-state index in [9.17, 15) is 4.79 Å². The Labute approximate surface area is 205 Å². The number of hydrogen-bond acceptors (Lipinski definition) is 8. The quantitative estimate of drug-likeness (QED) is 0.462. The maximum Gasteiger partial charge on any atom is 0.254 e. The molecule has 2 heterocycles. The third-order valence-electron chi connectivity index (χ3n) is 5.85. The highest BCUT2D eigenvalue weighted by atomic mass is 16.7. The third-order valence-corrected chi connectivity index (χ3v) is 5.85. The fraction of sp³-hybridized carbons (Fsp3) is 0.385. The Kier molecular flexibility index (Phi) is 7.16. The van der Waals surface area contributed by atoms with Crippen molar-refractivity contribution in [3.8, 4) is 23.0 Å². The summed E-state index contributed by atoms with van der Waals surface area (Å²) in [4.78, 5) is 24.5. The maximum absolute atomic E-state index is 13.7. The number of likely N-dealkylation sites (N-methyl/N-ethyl adjacent to an activating group) is 1. The first-order valence-corrected chi connectivity index (χ1v) is 11.4. The molecule has 9 heteroatoms. The van der Waals surface area contributed by atoms with Gasteiger partial charge < -0.3 is 33.6 Å². The van der Waals surface area contributed by atoms with Crippen LogP contribution in [0.4, 0.5) is 5.82 Å². The number of methoxy groups -OCH3 is 2. The van der Waals surface area contributed by atoms with Gasteiger partial charge in [-0.15, -0.1) is 0 Å². The molecule has 1 aromatic heterocycles. The number of pyridine rings is 1. The standard InChI is InChI=1S/C26H32N4O5/c1-28(2)7-8-30(26(31)18-10-20(32-5)13-21(11-18)33-6)15-19-9-17-12-23-24(35-16-34-23)14-22(17)27-25(19)29(3)4/h9-14H,7-8,15-16H2,1-6H3. The summed E-state index contributed by atoms with van der Waals surface area (Å²) in [5.74, 6) is 3.21. The zero-order chi connectivity index (χ0) is 25.1. The van der Waals surface area contributed by atoms with E-state index in [1.54, 1.807) is 32.4 Å². The molecule has 0 unspecified atom stereocenters. The molecule has 0 atom stereocenters. The molecule has 3 aromatic rings. The fourth-order valence-corrected chi connectivity index (χ4v) is 3.99. The lowest BCUT2D eigenvalue weighted by molar-refractivity contribution is 0.0731. The number of fused-ring (bicyclic) bond motifs is 2. The second kappa shape index (κ2) is 10.3. The molecular weight excluding hydrogens is 448 g/mol. The van der Waals surface area contributed by atoms with Crippen LogP contribution in [0, 0.1) is 0 Å². The largest absolute Gasteiger partial charge is 0.497 e. The van der Waals surface area contributed by atoms with Gasteiger partial charge in [-0.2, -0.15) is 0 Å². The Bertz CT molecular complexity index is 1210. The van der Waals surface area contributed by atoms with E-state index in [4.69, 9.17) is 23.9 Å². The highest BCUT2D eigenvalue weighted by Gasteiger charge is 2.22. The van der Waals surface area contributed by atoms with E-state index in [0.29, 0.717) is 48.2 Å². The minimum atomic E-state index is -0.112. The van der Waals surface area contributed by atoms with E-state index in [0.717, 1.165) is 22.3 Å². The number of anilines is 1. The van der Waals surface area contributed by atoms with Gasteiger partial charge in [0.1, 0.15) is 17.3 Å². The zero-order valence-corrected chi connectivity index (χ0v) is 21.1. The van der Waals surface area contributed by atoms with Crippen LogP contribution in [0.1, 0.15) is 15.9 Å². The molecule has 0 bridgehead atoms. The molecule has 0 N–H and O–H groups in total. The van der Waals surface area contributed by atoms with Crippen molar-refractivity contribution in [1.29, 1.82) is 0 Å². The number of ether oxygens (including phenoxy) is 4. The lowest BCUT2D eigenvalue weighted by Gasteiger charge is -2.27. The fourth-order valence-electron chi connectivity index (χ4n) is 3.99. The molecule has 1 aliphatic rings. The molecule has 9 nitrogen and oxygen atoms in total. The summed E-state index contributed by atoms with van der Waals surface area (Å²) >= 11 is 0. The first kappa shape index (κ1) is 24.4. The number of nitrogens with zero attached hydrogens (tertiary/aromatic N) is 4. The smallest absolute Gasteiger partial charge is 0.254 e. The molecule has 4 rings (SSSR count). The molecule has 0 saturated heterocycles. The number of carbonyl (C=O) groups is 1. The first-order valence-electron chi connectivity index (χ1n) is 11.4. The third kappa shape index (κ3) is 5.35. The van der Waals surface area contributed by atoms with Gasteiger partial charge in [-0.25, -0.2) is 4.98 Å². The molecule has 0 aliphatic carbocycles. The van der Waals surface area contributed by atoms with E-state index >= 15 is 0 Å². The Morgan fingerprint density at radius 2 is 1.57 bits per heavy atom. The monoisotopic (exact) mass is 480 g/mol. The summed E-state index contributed by atoms with van der Waals surface area (Å²) in [5.41, 5.74) is 2.25. The van der Waals surface area contributed by atoms with Crippen LogP contribution in [-0.2, 0) is 6.54 Å². The van der Waals surface area contributed by atoms with Crippen LogP contribution in [0.25, 0.3) is 10.9 Å². The second-order valence-electron chi connectivity index (χ2n) is 8.90. The molecule has 35 heavy (non-hydrogen) atoms. The predicted octanol–water partition coefficient (Wildman–Crippen LogP) is 3.25. The van der Waals surface area contributed by atoms with Gasteiger partial charge in [0, 0.05) is 62.4 Å².